The van der Waals surface area contributed by atoms with Gasteiger partial charge in [0.05, 0.1) is 11.2 Å². The summed E-state index contributed by atoms with van der Waals surface area (Å²) in [5.74, 6) is 0. The molecule has 0 N–H and O–H groups in total. The molecule has 21 heavy (non-hydrogen) atoms. The summed E-state index contributed by atoms with van der Waals surface area (Å²) in [6, 6.07) is 0. The molecule has 8 radical (unpaired) electrons. The van der Waals surface area contributed by atoms with Crippen LogP contribution in [0.1, 0.15) is 59.3 Å². The molecule has 0 fully saturated rings. The molecule has 0 bridgehead atoms. The summed E-state index contributed by atoms with van der Waals surface area (Å²) in [6.07, 6.45) is 14.3. The van der Waals surface area contributed by atoms with Crippen molar-refractivity contribution < 1.29 is 0 Å². The van der Waals surface area contributed by atoms with E-state index >= 15 is 0 Å². The number of nitrogens with zero attached hydrogens (tertiary/aromatic N) is 1. The normalized spacial score (nSPS) is 10.1. The smallest absolute Gasteiger partial charge is 0.0970 e. The Hall–Kier alpha value is 0.209. The zero-order valence-corrected chi connectivity index (χ0v) is 18.1. The van der Waals surface area contributed by atoms with Gasteiger partial charge in [-0.15, -0.1) is 17.5 Å². The zero-order chi connectivity index (χ0) is 16.1. The molecule has 1 rings (SSSR count). The first-order chi connectivity index (χ1) is 9.67. The van der Waals surface area contributed by atoms with E-state index in [1.54, 1.807) is 18.0 Å². The molecular weight excluding hydrogens is 381 g/mol. The molecule has 0 saturated heterocycles. The van der Waals surface area contributed by atoms with Gasteiger partial charge in [0.25, 0.3) is 0 Å². The average molecular weight is 414 g/mol. The van der Waals surface area contributed by atoms with Crippen molar-refractivity contribution >= 4 is 35.7 Å². The first-order valence-corrected chi connectivity index (χ1v) is 8.64. The Bertz CT molecular complexity index is 228. The summed E-state index contributed by atoms with van der Waals surface area (Å²) in [6.45, 7) is 17.2. The fraction of sp³-hybridized carbons (Fsp3) is 0.556. The molecule has 120 valence electrons. The van der Waals surface area contributed by atoms with Crippen molar-refractivity contribution in [3.05, 3.63) is 49.9 Å². The van der Waals surface area contributed by atoms with Crippen LogP contribution in [-0.2, 0) is 0 Å². The van der Waals surface area contributed by atoms with E-state index in [2.05, 4.69) is 52.6 Å². The van der Waals surface area contributed by atoms with Gasteiger partial charge in [0, 0.05) is 23.9 Å². The molecule has 1 aliphatic rings. The summed E-state index contributed by atoms with van der Waals surface area (Å²) in [4.78, 5) is 0. The molecule has 1 aliphatic heterocycles. The number of allylic oxidation sites excluding steroid dienone is 2. The van der Waals surface area contributed by atoms with E-state index in [0.717, 1.165) is 24.3 Å². The monoisotopic (exact) mass is 415 g/mol. The third-order valence-electron chi connectivity index (χ3n) is 1.86. The van der Waals surface area contributed by atoms with Crippen LogP contribution >= 0.6 is 11.8 Å². The van der Waals surface area contributed by atoms with E-state index in [-0.39, 0.29) is 23.9 Å². The molecule has 0 amide bonds. The molecule has 0 aliphatic carbocycles. The number of thioether (sulfide) groups is 1. The summed E-state index contributed by atoms with van der Waals surface area (Å²) < 4.78 is 0. The fourth-order valence-corrected chi connectivity index (χ4v) is 0.789. The topological polar surface area (TPSA) is 14.1 Å². The molecule has 1 heterocycles. The van der Waals surface area contributed by atoms with Crippen LogP contribution in [0.15, 0.2) is 29.1 Å². The Morgan fingerprint density at radius 2 is 1.38 bits per heavy atom. The summed E-state index contributed by atoms with van der Waals surface area (Å²) in [5.41, 5.74) is 2.84. The Morgan fingerprint density at radius 1 is 1.00 bits per heavy atom. The summed E-state index contributed by atoms with van der Waals surface area (Å²) >= 11 is 1.64. The van der Waals surface area contributed by atoms with Gasteiger partial charge in [0.1, 0.15) is 0 Å². The number of rotatable bonds is 4. The van der Waals surface area contributed by atoms with Gasteiger partial charge in [-0.1, -0.05) is 80.1 Å². The van der Waals surface area contributed by atoms with Crippen LogP contribution in [-0.4, -0.2) is 30.2 Å². The maximum absolute atomic E-state index is 4.00. The van der Waals surface area contributed by atoms with Gasteiger partial charge in [-0.25, -0.2) is 5.32 Å². The second-order valence-corrected chi connectivity index (χ2v) is 4.69. The molecule has 1 nitrogen and oxygen atoms in total. The third-order valence-corrected chi connectivity index (χ3v) is 2.52. The Kier molecular flexibility index (Phi) is 44.9. The predicted molar refractivity (Wildman–Crippen MR) is 103 cm³/mol. The van der Waals surface area contributed by atoms with Crippen molar-refractivity contribution in [2.24, 2.45) is 0 Å². The van der Waals surface area contributed by atoms with Crippen molar-refractivity contribution in [1.29, 1.82) is 0 Å². The zero-order valence-electron chi connectivity index (χ0n) is 14.5. The van der Waals surface area contributed by atoms with Gasteiger partial charge in [0.15, 0.2) is 0 Å². The van der Waals surface area contributed by atoms with Gasteiger partial charge in [-0.2, -0.15) is 0 Å². The van der Waals surface area contributed by atoms with Crippen LogP contribution in [0, 0.1) is 20.8 Å². The summed E-state index contributed by atoms with van der Waals surface area (Å²) in [5, 5.41) is 5.05. The Labute approximate surface area is 156 Å². The van der Waals surface area contributed by atoms with Crippen molar-refractivity contribution in [3.8, 4) is 0 Å². The Morgan fingerprint density at radius 3 is 1.52 bits per heavy atom. The van der Waals surface area contributed by atoms with Crippen LogP contribution in [0.25, 0.3) is 0 Å². The van der Waals surface area contributed by atoms with E-state index in [1.165, 1.54) is 19.3 Å². The van der Waals surface area contributed by atoms with Gasteiger partial charge in [-0.05, 0) is 18.4 Å². The van der Waals surface area contributed by atoms with E-state index in [0.29, 0.717) is 0 Å². The van der Waals surface area contributed by atoms with Gasteiger partial charge in [-0.3, -0.25) is 0 Å². The molecule has 0 aromatic carbocycles. The second-order valence-electron chi connectivity index (χ2n) is 3.86. The summed E-state index contributed by atoms with van der Waals surface area (Å²) in [7, 11) is 0. The van der Waals surface area contributed by atoms with Crippen molar-refractivity contribution in [2.75, 3.05) is 6.26 Å². The van der Waals surface area contributed by atoms with Crippen molar-refractivity contribution in [3.63, 3.8) is 0 Å². The van der Waals surface area contributed by atoms with Crippen molar-refractivity contribution in [1.82, 2.24) is 5.32 Å². The van der Waals surface area contributed by atoms with E-state index in [1.807, 2.05) is 18.4 Å². The predicted octanol–water partition coefficient (Wildman–Crippen LogP) is 5.96. The maximum atomic E-state index is 4.00. The minimum Gasteiger partial charge on any atom is -0.242 e. The molecule has 0 atom stereocenters. The first-order valence-electron chi connectivity index (χ1n) is 7.41. The number of hydrogen-bond acceptors (Lipinski definition) is 1. The third kappa shape index (κ3) is 38.4. The molecule has 0 unspecified atom stereocenters. The molecule has 0 aromatic heterocycles. The molecule has 0 spiro atoms. The van der Waals surface area contributed by atoms with Crippen LogP contribution < -0.4 is 5.32 Å². The first kappa shape index (κ1) is 29.2. The van der Waals surface area contributed by atoms with Crippen LogP contribution in [0.4, 0.5) is 0 Å². The number of hydrogen-bond donors (Lipinski definition) is 0. The van der Waals surface area contributed by atoms with Crippen molar-refractivity contribution in [2.45, 2.75) is 59.3 Å². The van der Waals surface area contributed by atoms with E-state index < -0.39 is 0 Å². The van der Waals surface area contributed by atoms with Crippen LogP contribution in [0.3, 0.4) is 0 Å². The minimum atomic E-state index is 0. The molecule has 0 aromatic rings. The quantitative estimate of drug-likeness (QED) is 0.409. The molecular formula is C18H33NSSn. The van der Waals surface area contributed by atoms with Gasteiger partial charge in [0.2, 0.25) is 0 Å². The fourth-order valence-electron chi connectivity index (χ4n) is 0.427. The average Bonchev–Trinajstić information content (AvgIpc) is 2.56. The van der Waals surface area contributed by atoms with Crippen LogP contribution in [0.5, 0.6) is 0 Å². The minimum absolute atomic E-state index is 0. The van der Waals surface area contributed by atoms with Gasteiger partial charge < -0.3 is 0 Å². The van der Waals surface area contributed by atoms with E-state index in [9.17, 15) is 0 Å². The maximum Gasteiger partial charge on any atom is 0.0970 e. The Balaban J connectivity index is -0.0000000973. The molecule has 3 heteroatoms. The standard InChI is InChI=1S/C6H6NS.3C4H9.Sn/c1-8-6-4-2-3-5-7-6;3*1-3-4-2;/h2,4-5H,1H3;3*1,3-4H2,2H3;. The largest absolute Gasteiger partial charge is 0.242 e. The number of unbranched alkanes of at least 4 members (excludes halogenated alkanes) is 3. The van der Waals surface area contributed by atoms with E-state index in [4.69, 9.17) is 0 Å². The SMILES string of the molecule is CSC1=CC=C=C[N]1.[CH2]CCC.[CH2]CCC.[CH2]CCC.[Sn]. The molecule has 0 saturated carbocycles. The van der Waals surface area contributed by atoms with Crippen LogP contribution in [0.2, 0.25) is 0 Å². The second kappa shape index (κ2) is 32.2. The van der Waals surface area contributed by atoms with Gasteiger partial charge >= 0.3 is 0 Å².